The SMILES string of the molecule is Cc1cc(Cl)ccc1CC(Oc1ccc(Cl)cc1)C(=O)O. The summed E-state index contributed by atoms with van der Waals surface area (Å²) in [5.41, 5.74) is 1.83. The maximum atomic E-state index is 11.4. The molecule has 2 aromatic rings. The van der Waals surface area contributed by atoms with Gasteiger partial charge >= 0.3 is 5.97 Å². The van der Waals surface area contributed by atoms with Crippen LogP contribution in [0.25, 0.3) is 0 Å². The molecule has 0 aliphatic heterocycles. The van der Waals surface area contributed by atoms with Gasteiger partial charge in [0.25, 0.3) is 0 Å². The number of aryl methyl sites for hydroxylation is 1. The summed E-state index contributed by atoms with van der Waals surface area (Å²) in [5.74, 6) is -0.544. The Morgan fingerprint density at radius 2 is 1.76 bits per heavy atom. The number of ether oxygens (including phenoxy) is 1. The lowest BCUT2D eigenvalue weighted by Crippen LogP contribution is -2.29. The van der Waals surface area contributed by atoms with E-state index in [1.54, 1.807) is 36.4 Å². The van der Waals surface area contributed by atoms with Crippen LogP contribution in [0.5, 0.6) is 5.75 Å². The highest BCUT2D eigenvalue weighted by atomic mass is 35.5. The minimum Gasteiger partial charge on any atom is -0.478 e. The van der Waals surface area contributed by atoms with Gasteiger partial charge in [0, 0.05) is 16.5 Å². The molecule has 0 fully saturated rings. The number of benzene rings is 2. The van der Waals surface area contributed by atoms with Gasteiger partial charge in [0.05, 0.1) is 0 Å². The standard InChI is InChI=1S/C16H14Cl2O3/c1-10-8-13(18)3-2-11(10)9-15(16(19)20)21-14-6-4-12(17)5-7-14/h2-8,15H,9H2,1H3,(H,19,20). The van der Waals surface area contributed by atoms with E-state index in [2.05, 4.69) is 0 Å². The predicted molar refractivity (Wildman–Crippen MR) is 83.4 cm³/mol. The lowest BCUT2D eigenvalue weighted by Gasteiger charge is -2.16. The largest absolute Gasteiger partial charge is 0.478 e. The molecule has 0 spiro atoms. The Morgan fingerprint density at radius 3 is 2.33 bits per heavy atom. The molecule has 0 saturated carbocycles. The van der Waals surface area contributed by atoms with Crippen molar-refractivity contribution in [3.63, 3.8) is 0 Å². The lowest BCUT2D eigenvalue weighted by molar-refractivity contribution is -0.145. The quantitative estimate of drug-likeness (QED) is 0.887. The summed E-state index contributed by atoms with van der Waals surface area (Å²) in [7, 11) is 0. The third-order valence-electron chi connectivity index (χ3n) is 3.08. The van der Waals surface area contributed by atoms with E-state index in [-0.39, 0.29) is 6.42 Å². The average Bonchev–Trinajstić information content (AvgIpc) is 2.43. The number of rotatable bonds is 5. The third-order valence-corrected chi connectivity index (χ3v) is 3.56. The molecule has 0 aliphatic carbocycles. The number of carboxylic acids is 1. The zero-order valence-corrected chi connectivity index (χ0v) is 12.9. The molecule has 1 unspecified atom stereocenters. The lowest BCUT2D eigenvalue weighted by atomic mass is 10.0. The number of halogens is 2. The van der Waals surface area contributed by atoms with E-state index in [4.69, 9.17) is 27.9 Å². The van der Waals surface area contributed by atoms with E-state index in [1.165, 1.54) is 0 Å². The Balaban J connectivity index is 2.15. The van der Waals surface area contributed by atoms with Gasteiger partial charge in [0.15, 0.2) is 6.10 Å². The van der Waals surface area contributed by atoms with Crippen molar-refractivity contribution in [2.45, 2.75) is 19.4 Å². The molecule has 0 saturated heterocycles. The molecule has 1 N–H and O–H groups in total. The van der Waals surface area contributed by atoms with Crippen molar-refractivity contribution >= 4 is 29.2 Å². The smallest absolute Gasteiger partial charge is 0.345 e. The van der Waals surface area contributed by atoms with Crippen LogP contribution in [0.15, 0.2) is 42.5 Å². The van der Waals surface area contributed by atoms with Crippen LogP contribution in [-0.2, 0) is 11.2 Å². The van der Waals surface area contributed by atoms with Crippen LogP contribution in [0.1, 0.15) is 11.1 Å². The number of carboxylic acid groups (broad SMARTS) is 1. The number of hydrogen-bond donors (Lipinski definition) is 1. The Morgan fingerprint density at radius 1 is 1.14 bits per heavy atom. The molecule has 3 nitrogen and oxygen atoms in total. The van der Waals surface area contributed by atoms with E-state index in [0.717, 1.165) is 11.1 Å². The fourth-order valence-electron chi connectivity index (χ4n) is 1.94. The first kappa shape index (κ1) is 15.7. The second-order valence-corrected chi connectivity index (χ2v) is 5.55. The number of aliphatic carboxylic acids is 1. The Bertz CT molecular complexity index is 638. The fraction of sp³-hybridized carbons (Fsp3) is 0.188. The maximum absolute atomic E-state index is 11.4. The molecule has 0 heterocycles. The zero-order chi connectivity index (χ0) is 15.4. The summed E-state index contributed by atoms with van der Waals surface area (Å²) in [5, 5.41) is 10.5. The molecule has 0 radical (unpaired) electrons. The Labute approximate surface area is 133 Å². The van der Waals surface area contributed by atoms with Crippen molar-refractivity contribution in [3.05, 3.63) is 63.6 Å². The molecule has 2 rings (SSSR count). The van der Waals surface area contributed by atoms with Crippen molar-refractivity contribution in [1.82, 2.24) is 0 Å². The van der Waals surface area contributed by atoms with Crippen molar-refractivity contribution in [1.29, 1.82) is 0 Å². The van der Waals surface area contributed by atoms with E-state index >= 15 is 0 Å². The molecule has 21 heavy (non-hydrogen) atoms. The van der Waals surface area contributed by atoms with E-state index < -0.39 is 12.1 Å². The highest BCUT2D eigenvalue weighted by molar-refractivity contribution is 6.30. The first-order valence-corrected chi connectivity index (χ1v) is 7.11. The van der Waals surface area contributed by atoms with Crippen LogP contribution in [0.2, 0.25) is 10.0 Å². The highest BCUT2D eigenvalue weighted by Crippen LogP contribution is 2.21. The summed E-state index contributed by atoms with van der Waals surface area (Å²) in [4.78, 5) is 11.4. The van der Waals surface area contributed by atoms with Gasteiger partial charge in [0.2, 0.25) is 0 Å². The molecule has 0 amide bonds. The summed E-state index contributed by atoms with van der Waals surface area (Å²) in [6.45, 7) is 1.89. The molecule has 2 aromatic carbocycles. The molecule has 0 aliphatic rings. The van der Waals surface area contributed by atoms with Gasteiger partial charge < -0.3 is 9.84 Å². The Kier molecular flexibility index (Phi) is 5.10. The first-order valence-electron chi connectivity index (χ1n) is 6.36. The molecule has 0 bridgehead atoms. The zero-order valence-electron chi connectivity index (χ0n) is 11.3. The minimum absolute atomic E-state index is 0.265. The predicted octanol–water partition coefficient (Wildman–Crippen LogP) is 4.38. The molecular weight excluding hydrogens is 311 g/mol. The van der Waals surface area contributed by atoms with Crippen LogP contribution in [0.4, 0.5) is 0 Å². The van der Waals surface area contributed by atoms with Crippen molar-refractivity contribution < 1.29 is 14.6 Å². The second-order valence-electron chi connectivity index (χ2n) is 4.67. The molecule has 0 aromatic heterocycles. The Hall–Kier alpha value is -1.71. The van der Waals surface area contributed by atoms with E-state index in [0.29, 0.717) is 15.8 Å². The summed E-state index contributed by atoms with van der Waals surface area (Å²) in [6, 6.07) is 12.0. The third kappa shape index (κ3) is 4.38. The fourth-order valence-corrected chi connectivity index (χ4v) is 2.30. The second kappa shape index (κ2) is 6.83. The first-order chi connectivity index (χ1) is 9.95. The van der Waals surface area contributed by atoms with Crippen LogP contribution < -0.4 is 4.74 Å². The summed E-state index contributed by atoms with van der Waals surface area (Å²) in [6.07, 6.45) is -0.702. The van der Waals surface area contributed by atoms with Gasteiger partial charge in [-0.05, 0) is 54.4 Å². The number of carbonyl (C=O) groups is 1. The summed E-state index contributed by atoms with van der Waals surface area (Å²) >= 11 is 11.7. The molecular formula is C16H14Cl2O3. The van der Waals surface area contributed by atoms with Gasteiger partial charge in [-0.25, -0.2) is 4.79 Å². The average molecular weight is 325 g/mol. The number of hydrogen-bond acceptors (Lipinski definition) is 2. The van der Waals surface area contributed by atoms with Crippen LogP contribution >= 0.6 is 23.2 Å². The monoisotopic (exact) mass is 324 g/mol. The summed E-state index contributed by atoms with van der Waals surface area (Å²) < 4.78 is 5.53. The van der Waals surface area contributed by atoms with Crippen molar-refractivity contribution in [2.75, 3.05) is 0 Å². The van der Waals surface area contributed by atoms with Crippen LogP contribution in [0.3, 0.4) is 0 Å². The van der Waals surface area contributed by atoms with Gasteiger partial charge in [-0.2, -0.15) is 0 Å². The molecule has 5 heteroatoms. The van der Waals surface area contributed by atoms with Crippen LogP contribution in [-0.4, -0.2) is 17.2 Å². The van der Waals surface area contributed by atoms with Gasteiger partial charge in [0.1, 0.15) is 5.75 Å². The van der Waals surface area contributed by atoms with Crippen LogP contribution in [0, 0.1) is 6.92 Å². The van der Waals surface area contributed by atoms with Crippen molar-refractivity contribution in [2.24, 2.45) is 0 Å². The molecule has 110 valence electrons. The topological polar surface area (TPSA) is 46.5 Å². The van der Waals surface area contributed by atoms with Crippen molar-refractivity contribution in [3.8, 4) is 5.75 Å². The van der Waals surface area contributed by atoms with Gasteiger partial charge in [-0.1, -0.05) is 29.3 Å². The van der Waals surface area contributed by atoms with E-state index in [9.17, 15) is 9.90 Å². The normalized spacial score (nSPS) is 12.0. The highest BCUT2D eigenvalue weighted by Gasteiger charge is 2.21. The van der Waals surface area contributed by atoms with Gasteiger partial charge in [-0.3, -0.25) is 0 Å². The minimum atomic E-state index is -1.01. The molecule has 1 atom stereocenters. The van der Waals surface area contributed by atoms with E-state index in [1.807, 2.05) is 13.0 Å². The van der Waals surface area contributed by atoms with Gasteiger partial charge in [-0.15, -0.1) is 0 Å². The maximum Gasteiger partial charge on any atom is 0.345 e.